The van der Waals surface area contributed by atoms with Gasteiger partial charge in [-0.3, -0.25) is 0 Å². The van der Waals surface area contributed by atoms with Crippen molar-refractivity contribution in [2.45, 2.75) is 13.0 Å². The number of piperazine rings is 1. The molecule has 3 heterocycles. The summed E-state index contributed by atoms with van der Waals surface area (Å²) in [6, 6.07) is 17.4. The van der Waals surface area contributed by atoms with Crippen LogP contribution in [0, 0.1) is 11.3 Å². The number of pyridine rings is 1. The van der Waals surface area contributed by atoms with E-state index in [4.69, 9.17) is 9.72 Å². The first-order valence-corrected chi connectivity index (χ1v) is 12.4. The Bertz CT molecular complexity index is 1240. The zero-order valence-corrected chi connectivity index (χ0v) is 21.0. The van der Waals surface area contributed by atoms with Crippen molar-refractivity contribution in [1.82, 2.24) is 14.8 Å². The first kappa shape index (κ1) is 23.4. The van der Waals surface area contributed by atoms with E-state index in [9.17, 15) is 5.26 Å². The third-order valence-corrected chi connectivity index (χ3v) is 7.14. The Kier molecular flexibility index (Phi) is 6.76. The van der Waals surface area contributed by atoms with Gasteiger partial charge in [-0.15, -0.1) is 0 Å². The van der Waals surface area contributed by atoms with E-state index >= 15 is 0 Å². The molecule has 2 aromatic carbocycles. The van der Waals surface area contributed by atoms with Gasteiger partial charge in [0.1, 0.15) is 24.1 Å². The summed E-state index contributed by atoms with van der Waals surface area (Å²) < 4.78 is 6.14. The standard InChI is InChI=1S/C28H34N6O/c1-31(2)17-18-35-28-24(19-29)25-20-34(26-10-6-8-21-7-4-5-9-22(21)26)12-11-23(25)27(30-28)33-15-13-32(3)14-16-33/h4-10H,11-18,20H2,1-3H3. The molecule has 1 aromatic heterocycles. The number of hydrogen-bond acceptors (Lipinski definition) is 7. The van der Waals surface area contributed by atoms with Gasteiger partial charge in [0.2, 0.25) is 5.88 Å². The minimum Gasteiger partial charge on any atom is -0.475 e. The summed E-state index contributed by atoms with van der Waals surface area (Å²) in [5.41, 5.74) is 4.07. The fraction of sp³-hybridized carbons (Fsp3) is 0.429. The summed E-state index contributed by atoms with van der Waals surface area (Å²) in [6.07, 6.45) is 0.861. The van der Waals surface area contributed by atoms with Crippen molar-refractivity contribution in [3.05, 3.63) is 59.2 Å². The van der Waals surface area contributed by atoms with E-state index in [0.29, 0.717) is 24.6 Å². The number of anilines is 2. The van der Waals surface area contributed by atoms with Crippen LogP contribution < -0.4 is 14.5 Å². The average Bonchev–Trinajstić information content (AvgIpc) is 2.88. The van der Waals surface area contributed by atoms with E-state index in [1.807, 2.05) is 14.1 Å². The molecule has 0 unspecified atom stereocenters. The molecule has 7 heteroatoms. The fourth-order valence-electron chi connectivity index (χ4n) is 5.10. The van der Waals surface area contributed by atoms with Gasteiger partial charge in [-0.1, -0.05) is 36.4 Å². The molecular weight excluding hydrogens is 436 g/mol. The molecule has 5 rings (SSSR count). The number of hydrogen-bond donors (Lipinski definition) is 0. The highest BCUT2D eigenvalue weighted by Gasteiger charge is 2.30. The number of likely N-dealkylation sites (N-methyl/N-ethyl adjacent to an activating group) is 2. The molecule has 0 amide bonds. The smallest absolute Gasteiger partial charge is 0.234 e. The normalized spacial score (nSPS) is 16.4. The van der Waals surface area contributed by atoms with Gasteiger partial charge in [0.15, 0.2) is 0 Å². The Morgan fingerprint density at radius 1 is 0.971 bits per heavy atom. The monoisotopic (exact) mass is 470 g/mol. The lowest BCUT2D eigenvalue weighted by atomic mass is 9.94. The van der Waals surface area contributed by atoms with Crippen LogP contribution in [-0.4, -0.2) is 81.8 Å². The molecule has 0 radical (unpaired) electrons. The lowest BCUT2D eigenvalue weighted by molar-refractivity contribution is 0.252. The van der Waals surface area contributed by atoms with Crippen molar-refractivity contribution in [3.8, 4) is 11.9 Å². The number of aromatic nitrogens is 1. The minimum atomic E-state index is 0.474. The minimum absolute atomic E-state index is 0.474. The Labute approximate surface area is 208 Å². The maximum atomic E-state index is 10.2. The maximum Gasteiger partial charge on any atom is 0.234 e. The van der Waals surface area contributed by atoms with Gasteiger partial charge < -0.3 is 24.3 Å². The third-order valence-electron chi connectivity index (χ3n) is 7.14. The van der Waals surface area contributed by atoms with Crippen LogP contribution in [0.4, 0.5) is 11.5 Å². The highest BCUT2D eigenvalue weighted by atomic mass is 16.5. The molecule has 35 heavy (non-hydrogen) atoms. The zero-order chi connectivity index (χ0) is 24.4. The molecule has 0 spiro atoms. The first-order chi connectivity index (χ1) is 17.0. The molecule has 1 saturated heterocycles. The Balaban J connectivity index is 1.55. The molecule has 7 nitrogen and oxygen atoms in total. The predicted octanol–water partition coefficient (Wildman–Crippen LogP) is 3.36. The van der Waals surface area contributed by atoms with Crippen molar-refractivity contribution >= 4 is 22.3 Å². The van der Waals surface area contributed by atoms with Crippen molar-refractivity contribution in [1.29, 1.82) is 5.26 Å². The summed E-state index contributed by atoms with van der Waals surface area (Å²) in [6.45, 7) is 6.75. The van der Waals surface area contributed by atoms with Crippen LogP contribution in [0.3, 0.4) is 0 Å². The summed E-state index contributed by atoms with van der Waals surface area (Å²) in [4.78, 5) is 14.2. The summed E-state index contributed by atoms with van der Waals surface area (Å²) in [5, 5.41) is 12.7. The lowest BCUT2D eigenvalue weighted by Crippen LogP contribution is -2.45. The van der Waals surface area contributed by atoms with Crippen LogP contribution in [0.15, 0.2) is 42.5 Å². The van der Waals surface area contributed by atoms with Crippen LogP contribution in [0.25, 0.3) is 10.8 Å². The van der Waals surface area contributed by atoms with Crippen molar-refractivity contribution in [2.75, 3.05) is 76.8 Å². The van der Waals surface area contributed by atoms with Crippen LogP contribution >= 0.6 is 0 Å². The molecule has 1 fully saturated rings. The fourth-order valence-corrected chi connectivity index (χ4v) is 5.10. The molecule has 3 aromatic rings. The second-order valence-electron chi connectivity index (χ2n) is 9.80. The molecule has 0 saturated carbocycles. The topological polar surface area (TPSA) is 58.9 Å². The molecule has 0 bridgehead atoms. The maximum absolute atomic E-state index is 10.2. The molecule has 0 N–H and O–H groups in total. The molecule has 182 valence electrons. The largest absolute Gasteiger partial charge is 0.475 e. The van der Waals surface area contributed by atoms with Crippen molar-refractivity contribution in [2.24, 2.45) is 0 Å². The second kappa shape index (κ2) is 10.1. The van der Waals surface area contributed by atoms with Crippen LogP contribution in [0.5, 0.6) is 5.88 Å². The van der Waals surface area contributed by atoms with Crippen LogP contribution in [0.1, 0.15) is 16.7 Å². The Morgan fingerprint density at radius 2 is 1.74 bits per heavy atom. The molecule has 0 atom stereocenters. The third kappa shape index (κ3) is 4.77. The molecule has 2 aliphatic heterocycles. The first-order valence-electron chi connectivity index (χ1n) is 12.4. The van der Waals surface area contributed by atoms with Gasteiger partial charge in [0, 0.05) is 68.0 Å². The predicted molar refractivity (Wildman–Crippen MR) is 141 cm³/mol. The van der Waals surface area contributed by atoms with Gasteiger partial charge in [0.05, 0.1) is 0 Å². The SMILES string of the molecule is CN(C)CCOc1nc(N2CCN(C)CC2)c2c(c1C#N)CN(c1cccc3ccccc13)CC2. The quantitative estimate of drug-likeness (QED) is 0.548. The molecule has 2 aliphatic rings. The number of fused-ring (bicyclic) bond motifs is 2. The van der Waals surface area contributed by atoms with Crippen molar-refractivity contribution in [3.63, 3.8) is 0 Å². The van der Waals surface area contributed by atoms with Gasteiger partial charge in [0.25, 0.3) is 0 Å². The highest BCUT2D eigenvalue weighted by molar-refractivity contribution is 5.94. The van der Waals surface area contributed by atoms with Crippen LogP contribution in [-0.2, 0) is 13.0 Å². The Hall–Kier alpha value is -3.34. The van der Waals surface area contributed by atoms with E-state index in [1.54, 1.807) is 0 Å². The van der Waals surface area contributed by atoms with Gasteiger partial charge in [-0.25, -0.2) is 0 Å². The number of nitriles is 1. The number of ether oxygens (including phenoxy) is 1. The number of benzene rings is 2. The van der Waals surface area contributed by atoms with Gasteiger partial charge >= 0.3 is 0 Å². The Morgan fingerprint density at radius 3 is 2.51 bits per heavy atom. The van der Waals surface area contributed by atoms with Crippen molar-refractivity contribution < 1.29 is 4.74 Å². The summed E-state index contributed by atoms with van der Waals surface area (Å²) >= 11 is 0. The van der Waals surface area contributed by atoms with Crippen LogP contribution in [0.2, 0.25) is 0 Å². The van der Waals surface area contributed by atoms with Gasteiger partial charge in [-0.05, 0) is 39.0 Å². The lowest BCUT2D eigenvalue weighted by Gasteiger charge is -2.38. The second-order valence-corrected chi connectivity index (χ2v) is 9.80. The summed E-state index contributed by atoms with van der Waals surface area (Å²) in [7, 11) is 6.20. The van der Waals surface area contributed by atoms with E-state index in [-0.39, 0.29) is 0 Å². The zero-order valence-electron chi connectivity index (χ0n) is 21.0. The van der Waals surface area contributed by atoms with E-state index in [2.05, 4.69) is 75.2 Å². The number of rotatable bonds is 6. The van der Waals surface area contributed by atoms with E-state index in [0.717, 1.165) is 57.1 Å². The highest BCUT2D eigenvalue weighted by Crippen LogP contribution is 2.38. The average molecular weight is 471 g/mol. The van der Waals surface area contributed by atoms with E-state index in [1.165, 1.54) is 22.0 Å². The number of nitrogens with zero attached hydrogens (tertiary/aromatic N) is 6. The van der Waals surface area contributed by atoms with E-state index < -0.39 is 0 Å². The summed E-state index contributed by atoms with van der Waals surface area (Å²) in [5.74, 6) is 1.48. The van der Waals surface area contributed by atoms with Gasteiger partial charge in [-0.2, -0.15) is 10.2 Å². The molecule has 0 aliphatic carbocycles. The molecular formula is C28H34N6O.